The lowest BCUT2D eigenvalue weighted by Crippen LogP contribution is -2.01. The van der Waals surface area contributed by atoms with Gasteiger partial charge in [-0.1, -0.05) is 6.07 Å². The monoisotopic (exact) mass is 233 g/mol. The van der Waals surface area contributed by atoms with Gasteiger partial charge in [0.1, 0.15) is 11.6 Å². The number of nitrogens with zero attached hydrogens (tertiary/aromatic N) is 2. The SMILES string of the molecule is Cc1ccc(F)cc1Oc1ccc(CN)nn1. The summed E-state index contributed by atoms with van der Waals surface area (Å²) in [4.78, 5) is 0. The number of aryl methyl sites for hydroxylation is 1. The molecule has 2 rings (SSSR count). The lowest BCUT2D eigenvalue weighted by Gasteiger charge is -2.07. The number of hydrogen-bond donors (Lipinski definition) is 1. The Morgan fingerprint density at radius 1 is 1.24 bits per heavy atom. The van der Waals surface area contributed by atoms with Crippen molar-refractivity contribution >= 4 is 0 Å². The van der Waals surface area contributed by atoms with E-state index in [1.807, 2.05) is 6.92 Å². The molecule has 0 fully saturated rings. The number of hydrogen-bond acceptors (Lipinski definition) is 4. The molecule has 0 spiro atoms. The van der Waals surface area contributed by atoms with E-state index in [4.69, 9.17) is 10.5 Å². The zero-order valence-corrected chi connectivity index (χ0v) is 9.35. The van der Waals surface area contributed by atoms with Crippen molar-refractivity contribution in [3.63, 3.8) is 0 Å². The summed E-state index contributed by atoms with van der Waals surface area (Å²) in [6.45, 7) is 2.16. The molecule has 88 valence electrons. The van der Waals surface area contributed by atoms with E-state index in [2.05, 4.69) is 10.2 Å². The summed E-state index contributed by atoms with van der Waals surface area (Å²) in [5, 5.41) is 7.69. The first-order valence-corrected chi connectivity index (χ1v) is 5.15. The molecule has 0 aliphatic heterocycles. The van der Waals surface area contributed by atoms with Gasteiger partial charge in [-0.05, 0) is 24.6 Å². The Morgan fingerprint density at radius 3 is 2.71 bits per heavy atom. The summed E-state index contributed by atoms with van der Waals surface area (Å²) in [6, 6.07) is 7.71. The first kappa shape index (κ1) is 11.5. The van der Waals surface area contributed by atoms with Crippen LogP contribution in [0.5, 0.6) is 11.6 Å². The van der Waals surface area contributed by atoms with Crippen molar-refractivity contribution in [2.24, 2.45) is 5.73 Å². The Morgan fingerprint density at radius 2 is 2.06 bits per heavy atom. The highest BCUT2D eigenvalue weighted by Gasteiger charge is 2.04. The van der Waals surface area contributed by atoms with Crippen molar-refractivity contribution < 1.29 is 9.13 Å². The molecular weight excluding hydrogens is 221 g/mol. The highest BCUT2D eigenvalue weighted by molar-refractivity contribution is 5.35. The van der Waals surface area contributed by atoms with Crippen molar-refractivity contribution in [3.8, 4) is 11.6 Å². The normalized spacial score (nSPS) is 10.3. The molecule has 1 aromatic heterocycles. The van der Waals surface area contributed by atoms with Crippen LogP contribution in [0.1, 0.15) is 11.3 Å². The molecule has 5 heteroatoms. The molecule has 1 aromatic carbocycles. The second kappa shape index (κ2) is 4.88. The number of benzene rings is 1. The number of halogens is 1. The zero-order chi connectivity index (χ0) is 12.3. The number of rotatable bonds is 3. The van der Waals surface area contributed by atoms with Gasteiger partial charge in [0.15, 0.2) is 0 Å². The Labute approximate surface area is 98.2 Å². The molecule has 4 nitrogen and oxygen atoms in total. The van der Waals surface area contributed by atoms with Gasteiger partial charge in [-0.15, -0.1) is 5.10 Å². The van der Waals surface area contributed by atoms with Gasteiger partial charge in [0.25, 0.3) is 0 Å². The van der Waals surface area contributed by atoms with Crippen molar-refractivity contribution in [1.29, 1.82) is 0 Å². The molecule has 2 aromatic rings. The first-order valence-electron chi connectivity index (χ1n) is 5.15. The van der Waals surface area contributed by atoms with E-state index in [0.717, 1.165) is 5.56 Å². The lowest BCUT2D eigenvalue weighted by molar-refractivity contribution is 0.446. The molecule has 0 atom stereocenters. The van der Waals surface area contributed by atoms with Crippen LogP contribution in [0.3, 0.4) is 0 Å². The Balaban J connectivity index is 2.22. The molecule has 0 bridgehead atoms. The van der Waals surface area contributed by atoms with Crippen LogP contribution in [0.25, 0.3) is 0 Å². The minimum Gasteiger partial charge on any atom is -0.437 e. The lowest BCUT2D eigenvalue weighted by atomic mass is 10.2. The van der Waals surface area contributed by atoms with Crippen LogP contribution in [0, 0.1) is 12.7 Å². The van der Waals surface area contributed by atoms with E-state index in [-0.39, 0.29) is 5.82 Å². The van der Waals surface area contributed by atoms with Gasteiger partial charge in [-0.25, -0.2) is 4.39 Å². The van der Waals surface area contributed by atoms with Gasteiger partial charge in [0.2, 0.25) is 5.88 Å². The summed E-state index contributed by atoms with van der Waals surface area (Å²) in [6.07, 6.45) is 0. The van der Waals surface area contributed by atoms with E-state index in [9.17, 15) is 4.39 Å². The Hall–Kier alpha value is -2.01. The second-order valence-corrected chi connectivity index (χ2v) is 3.58. The van der Waals surface area contributed by atoms with Gasteiger partial charge in [0, 0.05) is 18.7 Å². The van der Waals surface area contributed by atoms with Crippen molar-refractivity contribution in [1.82, 2.24) is 10.2 Å². The molecule has 1 heterocycles. The van der Waals surface area contributed by atoms with E-state index in [0.29, 0.717) is 23.9 Å². The average Bonchev–Trinajstić information content (AvgIpc) is 2.35. The Kier molecular flexibility index (Phi) is 3.30. The molecule has 0 amide bonds. The molecule has 0 radical (unpaired) electrons. The summed E-state index contributed by atoms with van der Waals surface area (Å²) < 4.78 is 18.5. The largest absolute Gasteiger partial charge is 0.437 e. The second-order valence-electron chi connectivity index (χ2n) is 3.58. The van der Waals surface area contributed by atoms with Crippen LogP contribution in [0.2, 0.25) is 0 Å². The molecule has 0 saturated heterocycles. The molecule has 0 aliphatic carbocycles. The van der Waals surface area contributed by atoms with Crippen LogP contribution in [-0.4, -0.2) is 10.2 Å². The fourth-order valence-electron chi connectivity index (χ4n) is 1.31. The summed E-state index contributed by atoms with van der Waals surface area (Å²) in [5.74, 6) is 0.396. The quantitative estimate of drug-likeness (QED) is 0.882. The van der Waals surface area contributed by atoms with Crippen LogP contribution in [0.4, 0.5) is 4.39 Å². The highest BCUT2D eigenvalue weighted by atomic mass is 19.1. The third-order valence-electron chi connectivity index (χ3n) is 2.27. The molecule has 0 saturated carbocycles. The van der Waals surface area contributed by atoms with Crippen molar-refractivity contribution in [2.75, 3.05) is 0 Å². The van der Waals surface area contributed by atoms with E-state index in [1.165, 1.54) is 12.1 Å². The van der Waals surface area contributed by atoms with Crippen molar-refractivity contribution in [2.45, 2.75) is 13.5 Å². The predicted molar refractivity (Wildman–Crippen MR) is 61.1 cm³/mol. The smallest absolute Gasteiger partial charge is 0.238 e. The van der Waals surface area contributed by atoms with Gasteiger partial charge < -0.3 is 10.5 Å². The molecule has 2 N–H and O–H groups in total. The van der Waals surface area contributed by atoms with E-state index >= 15 is 0 Å². The Bertz CT molecular complexity index is 514. The maximum absolute atomic E-state index is 13.0. The average molecular weight is 233 g/mol. The molecule has 0 unspecified atom stereocenters. The third kappa shape index (κ3) is 2.76. The van der Waals surface area contributed by atoms with E-state index < -0.39 is 0 Å². The first-order chi connectivity index (χ1) is 8.19. The molecular formula is C12H12FN3O. The highest BCUT2D eigenvalue weighted by Crippen LogP contribution is 2.23. The third-order valence-corrected chi connectivity index (χ3v) is 2.27. The van der Waals surface area contributed by atoms with Crippen LogP contribution >= 0.6 is 0 Å². The van der Waals surface area contributed by atoms with Crippen molar-refractivity contribution in [3.05, 3.63) is 47.4 Å². The summed E-state index contributed by atoms with van der Waals surface area (Å²) in [5.41, 5.74) is 6.91. The minimum absolute atomic E-state index is 0.316. The van der Waals surface area contributed by atoms with Crippen LogP contribution < -0.4 is 10.5 Å². The van der Waals surface area contributed by atoms with Gasteiger partial charge in [-0.2, -0.15) is 5.10 Å². The maximum atomic E-state index is 13.0. The topological polar surface area (TPSA) is 61.0 Å². The maximum Gasteiger partial charge on any atom is 0.238 e. The van der Waals surface area contributed by atoms with E-state index in [1.54, 1.807) is 18.2 Å². The number of nitrogens with two attached hydrogens (primary N) is 1. The molecule has 17 heavy (non-hydrogen) atoms. The van der Waals surface area contributed by atoms with Crippen LogP contribution in [-0.2, 0) is 6.54 Å². The van der Waals surface area contributed by atoms with Crippen LogP contribution in [0.15, 0.2) is 30.3 Å². The van der Waals surface area contributed by atoms with Gasteiger partial charge in [-0.3, -0.25) is 0 Å². The fourth-order valence-corrected chi connectivity index (χ4v) is 1.31. The predicted octanol–water partition coefficient (Wildman–Crippen LogP) is 2.18. The fraction of sp³-hybridized carbons (Fsp3) is 0.167. The standard InChI is InChI=1S/C12H12FN3O/c1-8-2-3-9(13)6-11(8)17-12-5-4-10(7-14)15-16-12/h2-6H,7,14H2,1H3. The zero-order valence-electron chi connectivity index (χ0n) is 9.35. The summed E-state index contributed by atoms with van der Waals surface area (Å²) in [7, 11) is 0. The number of aromatic nitrogens is 2. The van der Waals surface area contributed by atoms with Gasteiger partial charge in [0.05, 0.1) is 5.69 Å². The minimum atomic E-state index is -0.350. The van der Waals surface area contributed by atoms with Gasteiger partial charge >= 0.3 is 0 Å². The molecule has 0 aliphatic rings. The number of ether oxygens (including phenoxy) is 1. The summed E-state index contributed by atoms with van der Waals surface area (Å²) >= 11 is 0.